The fraction of sp³-hybridized carbons (Fsp3) is 0.188. The number of Topliss-reactive ketones (excluding diaryl/α,β-unsaturated/α-hetero) is 1. The Bertz CT molecular complexity index is 614. The zero-order chi connectivity index (χ0) is 14.0. The van der Waals surface area contributed by atoms with Gasteiger partial charge in [-0.15, -0.1) is 0 Å². The monoisotopic (exact) mass is 276 g/mol. The van der Waals surface area contributed by atoms with Crippen LogP contribution in [0.5, 0.6) is 0 Å². The second kappa shape index (κ2) is 5.54. The van der Waals surface area contributed by atoms with E-state index in [1.807, 2.05) is 32.0 Å². The summed E-state index contributed by atoms with van der Waals surface area (Å²) in [5.41, 5.74) is 3.24. The van der Waals surface area contributed by atoms with E-state index < -0.39 is 5.82 Å². The third kappa shape index (κ3) is 3.02. The summed E-state index contributed by atoms with van der Waals surface area (Å²) in [6.45, 7) is 3.81. The van der Waals surface area contributed by atoms with Crippen LogP contribution >= 0.6 is 11.6 Å². The first-order valence-corrected chi connectivity index (χ1v) is 6.40. The molecular weight excluding hydrogens is 263 g/mol. The van der Waals surface area contributed by atoms with Gasteiger partial charge in [0.15, 0.2) is 5.78 Å². The van der Waals surface area contributed by atoms with Crippen molar-refractivity contribution in [3.63, 3.8) is 0 Å². The van der Waals surface area contributed by atoms with Crippen LogP contribution in [0.15, 0.2) is 36.4 Å². The van der Waals surface area contributed by atoms with Crippen LogP contribution in [0.2, 0.25) is 5.02 Å². The molecule has 0 N–H and O–H groups in total. The van der Waals surface area contributed by atoms with Crippen molar-refractivity contribution in [2.45, 2.75) is 20.3 Å². The van der Waals surface area contributed by atoms with Crippen LogP contribution in [0.25, 0.3) is 0 Å². The first kappa shape index (κ1) is 13.8. The molecule has 0 saturated heterocycles. The van der Waals surface area contributed by atoms with Gasteiger partial charge in [-0.05, 0) is 42.7 Å². The number of hydrogen-bond donors (Lipinski definition) is 0. The summed E-state index contributed by atoms with van der Waals surface area (Å²) in [6, 6.07) is 10.2. The average Bonchev–Trinajstić information content (AvgIpc) is 2.33. The lowest BCUT2D eigenvalue weighted by molar-refractivity contribution is 0.0992. The summed E-state index contributed by atoms with van der Waals surface area (Å²) < 4.78 is 13.3. The van der Waals surface area contributed by atoms with Crippen molar-refractivity contribution in [2.75, 3.05) is 0 Å². The lowest BCUT2D eigenvalue weighted by Gasteiger charge is -2.09. The minimum Gasteiger partial charge on any atom is -0.294 e. The molecule has 0 spiro atoms. The molecule has 2 aromatic rings. The average molecular weight is 277 g/mol. The molecule has 0 saturated carbocycles. The predicted octanol–water partition coefficient (Wildman–Crippen LogP) is 4.52. The summed E-state index contributed by atoms with van der Waals surface area (Å²) in [5.74, 6) is -0.495. The van der Waals surface area contributed by atoms with Crippen molar-refractivity contribution in [3.8, 4) is 0 Å². The zero-order valence-corrected chi connectivity index (χ0v) is 11.6. The van der Waals surface area contributed by atoms with E-state index >= 15 is 0 Å². The Morgan fingerprint density at radius 3 is 2.37 bits per heavy atom. The molecule has 0 radical (unpaired) electrons. The van der Waals surface area contributed by atoms with Gasteiger partial charge >= 0.3 is 0 Å². The van der Waals surface area contributed by atoms with Gasteiger partial charge in [-0.25, -0.2) is 4.39 Å². The van der Waals surface area contributed by atoms with Crippen LogP contribution in [-0.4, -0.2) is 5.78 Å². The fourth-order valence-electron chi connectivity index (χ4n) is 2.18. The molecule has 0 atom stereocenters. The van der Waals surface area contributed by atoms with E-state index in [-0.39, 0.29) is 17.2 Å². The quantitative estimate of drug-likeness (QED) is 0.753. The Morgan fingerprint density at radius 1 is 1.16 bits per heavy atom. The van der Waals surface area contributed by atoms with Crippen LogP contribution in [0.1, 0.15) is 27.0 Å². The molecule has 2 rings (SSSR count). The van der Waals surface area contributed by atoms with Crippen LogP contribution in [0.3, 0.4) is 0 Å². The molecule has 0 aliphatic heterocycles. The highest BCUT2D eigenvalue weighted by molar-refractivity contribution is 6.30. The van der Waals surface area contributed by atoms with Crippen LogP contribution in [-0.2, 0) is 6.42 Å². The predicted molar refractivity (Wildman–Crippen MR) is 75.4 cm³/mol. The highest BCUT2D eigenvalue weighted by Gasteiger charge is 2.13. The van der Waals surface area contributed by atoms with Gasteiger partial charge in [0.05, 0.1) is 5.02 Å². The minimum absolute atomic E-state index is 0.00248. The molecule has 0 heterocycles. The summed E-state index contributed by atoms with van der Waals surface area (Å²) in [6.07, 6.45) is 0.180. The third-order valence-corrected chi connectivity index (χ3v) is 3.42. The fourth-order valence-corrected chi connectivity index (χ4v) is 2.30. The van der Waals surface area contributed by atoms with Crippen LogP contribution in [0, 0.1) is 19.7 Å². The van der Waals surface area contributed by atoms with Crippen molar-refractivity contribution in [2.24, 2.45) is 0 Å². The van der Waals surface area contributed by atoms with E-state index in [2.05, 4.69) is 0 Å². The Balaban J connectivity index is 2.28. The summed E-state index contributed by atoms with van der Waals surface area (Å²) in [4.78, 5) is 12.3. The van der Waals surface area contributed by atoms with E-state index in [0.717, 1.165) is 16.7 Å². The van der Waals surface area contributed by atoms with Crippen LogP contribution in [0.4, 0.5) is 4.39 Å². The van der Waals surface area contributed by atoms with Crippen molar-refractivity contribution in [1.82, 2.24) is 0 Å². The normalized spacial score (nSPS) is 10.5. The summed E-state index contributed by atoms with van der Waals surface area (Å²) in [7, 11) is 0. The highest BCUT2D eigenvalue weighted by Crippen LogP contribution is 2.19. The number of carbonyl (C=O) groups excluding carboxylic acids is 1. The van der Waals surface area contributed by atoms with Gasteiger partial charge in [-0.2, -0.15) is 0 Å². The van der Waals surface area contributed by atoms with Gasteiger partial charge < -0.3 is 0 Å². The van der Waals surface area contributed by atoms with E-state index in [1.54, 1.807) is 6.07 Å². The van der Waals surface area contributed by atoms with Crippen molar-refractivity contribution in [1.29, 1.82) is 0 Å². The molecule has 2 aromatic carbocycles. The Kier molecular flexibility index (Phi) is 4.01. The smallest absolute Gasteiger partial charge is 0.167 e. The first-order valence-electron chi connectivity index (χ1n) is 6.02. The molecule has 3 heteroatoms. The molecule has 0 unspecified atom stereocenters. The Labute approximate surface area is 117 Å². The number of aryl methyl sites for hydroxylation is 2. The molecule has 19 heavy (non-hydrogen) atoms. The van der Waals surface area contributed by atoms with E-state index in [0.29, 0.717) is 5.56 Å². The number of carbonyl (C=O) groups is 1. The first-order chi connectivity index (χ1) is 8.99. The molecular formula is C16H14ClFO. The summed E-state index contributed by atoms with van der Waals surface area (Å²) in [5, 5.41) is 0.0725. The van der Waals surface area contributed by atoms with Crippen molar-refractivity contribution < 1.29 is 9.18 Å². The zero-order valence-electron chi connectivity index (χ0n) is 10.8. The van der Waals surface area contributed by atoms with E-state index in [9.17, 15) is 9.18 Å². The molecule has 0 bridgehead atoms. The van der Waals surface area contributed by atoms with Gasteiger partial charge in [0.25, 0.3) is 0 Å². The van der Waals surface area contributed by atoms with Crippen molar-refractivity contribution in [3.05, 3.63) is 69.5 Å². The molecule has 0 aliphatic carbocycles. The maximum Gasteiger partial charge on any atom is 0.167 e. The Morgan fingerprint density at radius 2 is 1.79 bits per heavy atom. The van der Waals surface area contributed by atoms with Gasteiger partial charge in [-0.3, -0.25) is 4.79 Å². The third-order valence-electron chi connectivity index (χ3n) is 3.11. The maximum absolute atomic E-state index is 13.3. The van der Waals surface area contributed by atoms with Gasteiger partial charge in [0, 0.05) is 12.0 Å². The van der Waals surface area contributed by atoms with Gasteiger partial charge in [-0.1, -0.05) is 35.9 Å². The molecule has 1 nitrogen and oxygen atoms in total. The number of ketones is 1. The lowest BCUT2D eigenvalue weighted by atomic mass is 9.95. The number of hydrogen-bond acceptors (Lipinski definition) is 1. The van der Waals surface area contributed by atoms with Crippen LogP contribution < -0.4 is 0 Å². The number of rotatable bonds is 3. The maximum atomic E-state index is 13.3. The second-order valence-corrected chi connectivity index (χ2v) is 5.02. The molecule has 0 fully saturated rings. The topological polar surface area (TPSA) is 17.1 Å². The molecule has 0 aromatic heterocycles. The van der Waals surface area contributed by atoms with E-state index in [4.69, 9.17) is 11.6 Å². The summed E-state index contributed by atoms with van der Waals surface area (Å²) >= 11 is 5.62. The largest absolute Gasteiger partial charge is 0.294 e. The SMILES string of the molecule is Cc1cccc(C)c1C(=O)Cc1ccc(Cl)c(F)c1. The lowest BCUT2D eigenvalue weighted by Crippen LogP contribution is -2.08. The number of halogens is 2. The number of benzene rings is 2. The highest BCUT2D eigenvalue weighted by atomic mass is 35.5. The molecule has 0 amide bonds. The van der Waals surface area contributed by atoms with Crippen molar-refractivity contribution >= 4 is 17.4 Å². The van der Waals surface area contributed by atoms with Gasteiger partial charge in [0.2, 0.25) is 0 Å². The van der Waals surface area contributed by atoms with Gasteiger partial charge in [0.1, 0.15) is 5.82 Å². The standard InChI is InChI=1S/C16H14ClFO/c1-10-4-3-5-11(2)16(10)15(19)9-12-6-7-13(17)14(18)8-12/h3-8H,9H2,1-2H3. The molecule has 98 valence electrons. The van der Waals surface area contributed by atoms with E-state index in [1.165, 1.54) is 12.1 Å². The minimum atomic E-state index is -0.492. The second-order valence-electron chi connectivity index (χ2n) is 4.62. The molecule has 0 aliphatic rings. The Hall–Kier alpha value is -1.67.